The molecule has 3 aromatic rings. The van der Waals surface area contributed by atoms with Crippen molar-refractivity contribution in [3.63, 3.8) is 0 Å². The highest BCUT2D eigenvalue weighted by atomic mass is 79.9. The van der Waals surface area contributed by atoms with Crippen LogP contribution in [0.1, 0.15) is 11.5 Å². The van der Waals surface area contributed by atoms with Gasteiger partial charge in [0, 0.05) is 17.3 Å². The van der Waals surface area contributed by atoms with E-state index in [2.05, 4.69) is 32.0 Å². The molecular formula is C26H20BrN5O4S. The molecule has 1 atom stereocenters. The van der Waals surface area contributed by atoms with Crippen molar-refractivity contribution in [2.75, 3.05) is 19.1 Å². The first-order chi connectivity index (χ1) is 17.9. The monoisotopic (exact) mass is 577 g/mol. The number of methoxy groups -OCH3 is 2. The summed E-state index contributed by atoms with van der Waals surface area (Å²) in [4.78, 5) is 37.1. The number of carbonyl (C=O) groups is 2. The number of nitrogens with two attached hydrogens (primary N) is 1. The number of anilines is 1. The van der Waals surface area contributed by atoms with Crippen LogP contribution in [0.5, 0.6) is 0 Å². The Balaban J connectivity index is 2.00. The molecule has 0 aliphatic carbocycles. The predicted octanol–water partition coefficient (Wildman–Crippen LogP) is 4.29. The van der Waals surface area contributed by atoms with E-state index < -0.39 is 17.9 Å². The van der Waals surface area contributed by atoms with Gasteiger partial charge in [-0.2, -0.15) is 5.26 Å². The van der Waals surface area contributed by atoms with E-state index in [1.54, 1.807) is 67.0 Å². The molecule has 186 valence electrons. The maximum atomic E-state index is 13.3. The number of esters is 2. The van der Waals surface area contributed by atoms with Crippen LogP contribution in [0.4, 0.5) is 5.69 Å². The summed E-state index contributed by atoms with van der Waals surface area (Å²) in [6.45, 7) is 0. The van der Waals surface area contributed by atoms with Gasteiger partial charge in [-0.15, -0.1) is 0 Å². The number of aromatic nitrogens is 2. The fourth-order valence-corrected chi connectivity index (χ4v) is 4.97. The zero-order valence-electron chi connectivity index (χ0n) is 19.7. The quantitative estimate of drug-likeness (QED) is 0.334. The van der Waals surface area contributed by atoms with Gasteiger partial charge in [-0.1, -0.05) is 42.5 Å². The first kappa shape index (κ1) is 25.9. The molecule has 37 heavy (non-hydrogen) atoms. The predicted molar refractivity (Wildman–Crippen MR) is 140 cm³/mol. The van der Waals surface area contributed by atoms with Crippen molar-refractivity contribution in [2.24, 2.45) is 5.73 Å². The Labute approximate surface area is 225 Å². The maximum Gasteiger partial charge on any atom is 0.355 e. The Morgan fingerprint density at radius 3 is 2.27 bits per heavy atom. The van der Waals surface area contributed by atoms with Crippen LogP contribution in [0, 0.1) is 11.3 Å². The van der Waals surface area contributed by atoms with Crippen molar-refractivity contribution in [2.45, 2.75) is 16.0 Å². The minimum atomic E-state index is -0.946. The summed E-state index contributed by atoms with van der Waals surface area (Å²) in [7, 11) is 2.41. The van der Waals surface area contributed by atoms with Crippen LogP contribution in [0.15, 0.2) is 104 Å². The fourth-order valence-electron chi connectivity index (χ4n) is 3.94. The van der Waals surface area contributed by atoms with Crippen LogP contribution < -0.4 is 10.6 Å². The molecule has 4 rings (SSSR count). The lowest BCUT2D eigenvalue weighted by Crippen LogP contribution is -2.41. The van der Waals surface area contributed by atoms with Crippen LogP contribution >= 0.6 is 27.7 Å². The van der Waals surface area contributed by atoms with E-state index >= 15 is 0 Å². The van der Waals surface area contributed by atoms with Crippen LogP contribution in [0.2, 0.25) is 0 Å². The second-order valence-corrected chi connectivity index (χ2v) is 9.51. The van der Waals surface area contributed by atoms with E-state index in [0.29, 0.717) is 21.3 Å². The van der Waals surface area contributed by atoms with Crippen LogP contribution in [-0.4, -0.2) is 36.1 Å². The van der Waals surface area contributed by atoms with E-state index in [1.165, 1.54) is 30.9 Å². The highest BCUT2D eigenvalue weighted by molar-refractivity contribution is 9.10. The molecule has 0 bridgehead atoms. The van der Waals surface area contributed by atoms with Crippen molar-refractivity contribution in [1.82, 2.24) is 9.97 Å². The Morgan fingerprint density at radius 1 is 1.03 bits per heavy atom. The molecule has 1 aliphatic heterocycles. The standard InChI is InChI=1S/C26H20BrN5O4S/c1-35-24(33)21-20(15-8-4-3-5-9-15)17(12-28)23(29)32(22(21)25(34)36-2)18-10-6-7-11-19(18)37-26-30-13-16(27)14-31-26/h3-11,13-14,20H,29H2,1-2H3. The number of benzene rings is 2. The number of hydrogen-bond donors (Lipinski definition) is 1. The van der Waals surface area contributed by atoms with Gasteiger partial charge < -0.3 is 15.2 Å². The average Bonchev–Trinajstić information content (AvgIpc) is 2.93. The zero-order chi connectivity index (χ0) is 26.5. The topological polar surface area (TPSA) is 131 Å². The van der Waals surface area contributed by atoms with Gasteiger partial charge in [0.05, 0.1) is 47.5 Å². The number of rotatable bonds is 6. The summed E-state index contributed by atoms with van der Waals surface area (Å²) < 4.78 is 10.9. The lowest BCUT2D eigenvalue weighted by Gasteiger charge is -2.36. The van der Waals surface area contributed by atoms with E-state index in [4.69, 9.17) is 15.2 Å². The van der Waals surface area contributed by atoms with Crippen molar-refractivity contribution in [3.8, 4) is 6.07 Å². The molecule has 2 heterocycles. The largest absolute Gasteiger partial charge is 0.466 e. The van der Waals surface area contributed by atoms with Gasteiger partial charge in [0.25, 0.3) is 0 Å². The molecular weight excluding hydrogens is 558 g/mol. The highest BCUT2D eigenvalue weighted by Crippen LogP contribution is 2.45. The second-order valence-electron chi connectivity index (χ2n) is 7.59. The van der Waals surface area contributed by atoms with Gasteiger partial charge in [0.1, 0.15) is 11.5 Å². The molecule has 2 N–H and O–H groups in total. The third-order valence-corrected chi connectivity index (χ3v) is 6.88. The van der Waals surface area contributed by atoms with Crippen molar-refractivity contribution < 1.29 is 19.1 Å². The summed E-state index contributed by atoms with van der Waals surface area (Å²) in [6, 6.07) is 18.0. The Kier molecular flexibility index (Phi) is 7.91. The molecule has 0 radical (unpaired) electrons. The number of nitrogens with zero attached hydrogens (tertiary/aromatic N) is 4. The van der Waals surface area contributed by atoms with Gasteiger partial charge in [0.2, 0.25) is 0 Å². The summed E-state index contributed by atoms with van der Waals surface area (Å²) in [5, 5.41) is 10.6. The highest BCUT2D eigenvalue weighted by Gasteiger charge is 2.43. The second kappa shape index (κ2) is 11.3. The molecule has 11 heteroatoms. The van der Waals surface area contributed by atoms with Crippen molar-refractivity contribution in [1.29, 1.82) is 5.26 Å². The zero-order valence-corrected chi connectivity index (χ0v) is 22.1. The molecule has 0 spiro atoms. The first-order valence-electron chi connectivity index (χ1n) is 10.8. The maximum absolute atomic E-state index is 13.3. The number of allylic oxidation sites excluding steroid dienone is 1. The lowest BCUT2D eigenvalue weighted by molar-refractivity contribution is -0.139. The van der Waals surface area contributed by atoms with Gasteiger partial charge in [0.15, 0.2) is 5.16 Å². The Bertz CT molecular complexity index is 1450. The smallest absolute Gasteiger partial charge is 0.355 e. The Hall–Kier alpha value is -4.14. The van der Waals surface area contributed by atoms with Gasteiger partial charge in [-0.25, -0.2) is 19.6 Å². The summed E-state index contributed by atoms with van der Waals surface area (Å²) in [5.74, 6) is -2.57. The summed E-state index contributed by atoms with van der Waals surface area (Å²) in [5.41, 5.74) is 7.49. The molecule has 1 aromatic heterocycles. The molecule has 9 nitrogen and oxygen atoms in total. The lowest BCUT2D eigenvalue weighted by atomic mass is 9.81. The Morgan fingerprint density at radius 2 is 1.65 bits per heavy atom. The molecule has 0 fully saturated rings. The number of hydrogen-bond acceptors (Lipinski definition) is 10. The fraction of sp³-hybridized carbons (Fsp3) is 0.115. The molecule has 0 saturated carbocycles. The van der Waals surface area contributed by atoms with E-state index in [-0.39, 0.29) is 22.7 Å². The SMILES string of the molecule is COC(=O)C1=C(C(=O)OC)N(c2ccccc2Sc2ncc(Br)cn2)C(N)=C(C#N)C1c1ccccc1. The van der Waals surface area contributed by atoms with E-state index in [9.17, 15) is 14.9 Å². The van der Waals surface area contributed by atoms with Crippen LogP contribution in [-0.2, 0) is 19.1 Å². The molecule has 2 aromatic carbocycles. The molecule has 1 unspecified atom stereocenters. The minimum absolute atomic E-state index is 0.0193. The van der Waals surface area contributed by atoms with Crippen molar-refractivity contribution >= 4 is 45.3 Å². The third-order valence-electron chi connectivity index (χ3n) is 5.51. The average molecular weight is 578 g/mol. The minimum Gasteiger partial charge on any atom is -0.466 e. The van der Waals surface area contributed by atoms with Crippen molar-refractivity contribution in [3.05, 3.63) is 99.7 Å². The summed E-state index contributed by atoms with van der Waals surface area (Å²) >= 11 is 4.54. The van der Waals surface area contributed by atoms with Gasteiger partial charge >= 0.3 is 11.9 Å². The first-order valence-corrected chi connectivity index (χ1v) is 12.4. The third kappa shape index (κ3) is 5.07. The number of ether oxygens (including phenoxy) is 2. The number of carbonyl (C=O) groups excluding carboxylic acids is 2. The van der Waals surface area contributed by atoms with E-state index in [0.717, 1.165) is 4.47 Å². The normalized spacial score (nSPS) is 15.3. The summed E-state index contributed by atoms with van der Waals surface area (Å²) in [6.07, 6.45) is 3.22. The van der Waals surface area contributed by atoms with Crippen LogP contribution in [0.3, 0.4) is 0 Å². The molecule has 1 aliphatic rings. The number of halogens is 1. The molecule has 0 amide bonds. The number of para-hydroxylation sites is 1. The van der Waals surface area contributed by atoms with Crippen LogP contribution in [0.25, 0.3) is 0 Å². The van der Waals surface area contributed by atoms with E-state index in [1.807, 2.05) is 0 Å². The van der Waals surface area contributed by atoms with Gasteiger partial charge in [-0.05, 0) is 45.4 Å². The number of nitriles is 1. The molecule has 0 saturated heterocycles. The van der Waals surface area contributed by atoms with Gasteiger partial charge in [-0.3, -0.25) is 4.90 Å².